The Morgan fingerprint density at radius 3 is 1.14 bits per heavy atom. The van der Waals surface area contributed by atoms with Gasteiger partial charge in [-0.25, -0.2) is 0 Å². The van der Waals surface area contributed by atoms with Crippen LogP contribution in [-0.2, 0) is 0 Å². The summed E-state index contributed by atoms with van der Waals surface area (Å²) in [4.78, 5) is 0. The minimum Gasteiger partial charge on any atom is -0.497 e. The highest BCUT2D eigenvalue weighted by Crippen LogP contribution is 2.41. The number of ether oxygens (including phenoxy) is 4. The van der Waals surface area contributed by atoms with E-state index in [1.165, 1.54) is 161 Å². The minimum absolute atomic E-state index is 0.564. The maximum Gasteiger partial charge on any atom is 0.203 e. The molecule has 5 heteroatoms. The molecule has 0 saturated heterocycles. The third-order valence-corrected chi connectivity index (χ3v) is 11.1. The van der Waals surface area contributed by atoms with Crippen molar-refractivity contribution < 1.29 is 18.9 Å². The molecular weight excluding hydrogens is 703 g/mol. The highest BCUT2D eigenvalue weighted by atomic mass is 16.5. The summed E-state index contributed by atoms with van der Waals surface area (Å²) in [5.41, 5.74) is 2.29. The summed E-state index contributed by atoms with van der Waals surface area (Å²) in [7, 11) is 1.67. The van der Waals surface area contributed by atoms with Crippen molar-refractivity contribution in [3.8, 4) is 29.1 Å². The fourth-order valence-electron chi connectivity index (χ4n) is 7.44. The van der Waals surface area contributed by atoms with Crippen molar-refractivity contribution in [2.24, 2.45) is 0 Å². The second kappa shape index (κ2) is 36.0. The molecule has 0 aliphatic carbocycles. The van der Waals surface area contributed by atoms with Gasteiger partial charge < -0.3 is 18.9 Å². The third kappa shape index (κ3) is 25.1. The first kappa shape index (κ1) is 50.0. The number of allylic oxidation sites excluding steroid dienone is 1. The van der Waals surface area contributed by atoms with Crippen LogP contribution in [0.2, 0.25) is 0 Å². The molecule has 0 aliphatic heterocycles. The monoisotopic (exact) mass is 788 g/mol. The zero-order chi connectivity index (χ0) is 40.9. The molecule has 57 heavy (non-hydrogen) atoms. The van der Waals surface area contributed by atoms with E-state index in [1.807, 2.05) is 42.5 Å². The topological polar surface area (TPSA) is 60.7 Å². The Labute approximate surface area is 351 Å². The average molecular weight is 788 g/mol. The van der Waals surface area contributed by atoms with Gasteiger partial charge in [-0.3, -0.25) is 0 Å². The van der Waals surface area contributed by atoms with Gasteiger partial charge >= 0.3 is 0 Å². The Kier molecular flexibility index (Phi) is 31.6. The summed E-state index contributed by atoms with van der Waals surface area (Å²) in [5, 5.41) is 10.4. The number of nitriles is 1. The highest BCUT2D eigenvalue weighted by molar-refractivity contribution is 5.90. The maximum atomic E-state index is 10.4. The zero-order valence-corrected chi connectivity index (χ0v) is 37.5. The SMILES string of the molecule is CCCCCCCCCCCCOc1cc(/C(C#N)=C\c2ccc(OC)cc2)cc(OCCCCCCCCCCCC)c1OCCCCCCCCCCCC. The Hall–Kier alpha value is -3.13. The molecule has 0 spiro atoms. The fourth-order valence-corrected chi connectivity index (χ4v) is 7.44. The quantitative estimate of drug-likeness (QED) is 0.0384. The van der Waals surface area contributed by atoms with E-state index >= 15 is 0 Å². The number of methoxy groups -OCH3 is 1. The Morgan fingerprint density at radius 1 is 0.474 bits per heavy atom. The molecule has 0 fully saturated rings. The van der Waals surface area contributed by atoms with E-state index in [-0.39, 0.29) is 0 Å². The molecule has 0 radical (unpaired) electrons. The van der Waals surface area contributed by atoms with Gasteiger partial charge in [0.15, 0.2) is 11.5 Å². The van der Waals surface area contributed by atoms with Crippen LogP contribution >= 0.6 is 0 Å². The van der Waals surface area contributed by atoms with Gasteiger partial charge in [-0.2, -0.15) is 5.26 Å². The predicted octanol–water partition coefficient (Wildman–Crippen LogP) is 16.7. The van der Waals surface area contributed by atoms with Crippen LogP contribution in [0.15, 0.2) is 36.4 Å². The molecule has 2 aromatic rings. The summed E-state index contributed by atoms with van der Waals surface area (Å²) in [5.74, 6) is 2.85. The second-order valence-corrected chi connectivity index (χ2v) is 16.3. The smallest absolute Gasteiger partial charge is 0.203 e. The van der Waals surface area contributed by atoms with E-state index in [0.717, 1.165) is 49.0 Å². The molecule has 0 atom stereocenters. The fraction of sp³-hybridized carbons (Fsp3) is 0.712. The molecule has 0 heterocycles. The first-order chi connectivity index (χ1) is 28.2. The van der Waals surface area contributed by atoms with Crippen LogP contribution in [0.4, 0.5) is 0 Å². The minimum atomic E-state index is 0.564. The van der Waals surface area contributed by atoms with Gasteiger partial charge in [0.2, 0.25) is 5.75 Å². The molecule has 0 N–H and O–H groups in total. The van der Waals surface area contributed by atoms with Gasteiger partial charge in [0, 0.05) is 0 Å². The molecule has 0 amide bonds. The van der Waals surface area contributed by atoms with Crippen LogP contribution in [0, 0.1) is 11.3 Å². The lowest BCUT2D eigenvalue weighted by molar-refractivity contribution is 0.234. The van der Waals surface area contributed by atoms with Crippen LogP contribution in [0.25, 0.3) is 11.6 Å². The van der Waals surface area contributed by atoms with Crippen molar-refractivity contribution in [2.45, 2.75) is 213 Å². The van der Waals surface area contributed by atoms with Gasteiger partial charge in [0.1, 0.15) is 5.75 Å². The van der Waals surface area contributed by atoms with Crippen LogP contribution in [0.1, 0.15) is 225 Å². The molecule has 0 saturated carbocycles. The molecule has 322 valence electrons. The lowest BCUT2D eigenvalue weighted by Gasteiger charge is -2.19. The van der Waals surface area contributed by atoms with E-state index in [4.69, 9.17) is 18.9 Å². The summed E-state index contributed by atoms with van der Waals surface area (Å²) in [6.45, 7) is 8.71. The zero-order valence-electron chi connectivity index (χ0n) is 37.5. The van der Waals surface area contributed by atoms with Crippen molar-refractivity contribution in [3.63, 3.8) is 0 Å². The van der Waals surface area contributed by atoms with Gasteiger partial charge in [-0.1, -0.05) is 206 Å². The van der Waals surface area contributed by atoms with Gasteiger partial charge in [0.05, 0.1) is 38.6 Å². The van der Waals surface area contributed by atoms with Crippen LogP contribution in [-0.4, -0.2) is 26.9 Å². The largest absolute Gasteiger partial charge is 0.497 e. The Morgan fingerprint density at radius 2 is 0.807 bits per heavy atom. The van der Waals surface area contributed by atoms with Crippen LogP contribution in [0.3, 0.4) is 0 Å². The number of benzene rings is 2. The summed E-state index contributed by atoms with van der Waals surface area (Å²) in [6.07, 6.45) is 40.4. The summed E-state index contributed by atoms with van der Waals surface area (Å²) in [6, 6.07) is 14.3. The van der Waals surface area contributed by atoms with Gasteiger partial charge in [-0.15, -0.1) is 0 Å². The Bertz CT molecular complexity index is 1250. The third-order valence-electron chi connectivity index (χ3n) is 11.1. The number of hydrogen-bond acceptors (Lipinski definition) is 5. The van der Waals surface area contributed by atoms with Gasteiger partial charge in [-0.05, 0) is 60.7 Å². The maximum absolute atomic E-state index is 10.4. The van der Waals surface area contributed by atoms with E-state index in [1.54, 1.807) is 7.11 Å². The second-order valence-electron chi connectivity index (χ2n) is 16.3. The molecule has 2 aromatic carbocycles. The summed E-state index contributed by atoms with van der Waals surface area (Å²) < 4.78 is 25.1. The Balaban J connectivity index is 2.15. The number of nitrogens with zero attached hydrogens (tertiary/aromatic N) is 1. The van der Waals surface area contributed by atoms with Crippen molar-refractivity contribution >= 4 is 11.6 Å². The van der Waals surface area contributed by atoms with Crippen molar-refractivity contribution in [1.82, 2.24) is 0 Å². The average Bonchev–Trinajstić information content (AvgIpc) is 3.23. The van der Waals surface area contributed by atoms with Crippen molar-refractivity contribution in [1.29, 1.82) is 5.26 Å². The molecule has 0 aliphatic rings. The predicted molar refractivity (Wildman–Crippen MR) is 245 cm³/mol. The molecule has 2 rings (SSSR count). The van der Waals surface area contributed by atoms with E-state index in [0.29, 0.717) is 42.6 Å². The molecule has 0 bridgehead atoms. The first-order valence-electron chi connectivity index (χ1n) is 24.0. The standard InChI is InChI=1S/C52H85NO4/c1-5-8-11-14-17-20-23-26-29-32-39-55-50-43-47(48(45-53)42-46-35-37-49(54-4)38-36-46)44-51(56-40-33-30-27-24-21-18-15-12-9-6-2)52(50)57-41-34-31-28-25-22-19-16-13-10-7-3/h35-38,42-44H,5-34,39-41H2,1-4H3/b48-42-. The lowest BCUT2D eigenvalue weighted by Crippen LogP contribution is -2.07. The van der Waals surface area contributed by atoms with Crippen molar-refractivity contribution in [3.05, 3.63) is 47.5 Å². The number of unbranched alkanes of at least 4 members (excludes halogenated alkanes) is 27. The van der Waals surface area contributed by atoms with Crippen LogP contribution in [0.5, 0.6) is 23.0 Å². The normalized spacial score (nSPS) is 11.5. The molecule has 0 unspecified atom stereocenters. The van der Waals surface area contributed by atoms with E-state index in [9.17, 15) is 5.26 Å². The number of hydrogen-bond donors (Lipinski definition) is 0. The molecule has 5 nitrogen and oxygen atoms in total. The summed E-state index contributed by atoms with van der Waals surface area (Å²) >= 11 is 0. The lowest BCUT2D eigenvalue weighted by atomic mass is 10.0. The van der Waals surface area contributed by atoms with Crippen molar-refractivity contribution in [2.75, 3.05) is 26.9 Å². The van der Waals surface area contributed by atoms with Crippen LogP contribution < -0.4 is 18.9 Å². The number of rotatable bonds is 39. The van der Waals surface area contributed by atoms with E-state index < -0.39 is 0 Å². The molecule has 0 aromatic heterocycles. The van der Waals surface area contributed by atoms with Gasteiger partial charge in [0.25, 0.3) is 0 Å². The molecular formula is C52H85NO4. The highest BCUT2D eigenvalue weighted by Gasteiger charge is 2.18. The first-order valence-corrected chi connectivity index (χ1v) is 24.0. The van der Waals surface area contributed by atoms with E-state index in [2.05, 4.69) is 26.8 Å².